The van der Waals surface area contributed by atoms with Crippen molar-refractivity contribution in [2.45, 2.75) is 32.2 Å². The van der Waals surface area contributed by atoms with Gasteiger partial charge >= 0.3 is 0 Å². The summed E-state index contributed by atoms with van der Waals surface area (Å²) in [6.07, 6.45) is 4.25. The third-order valence-electron chi connectivity index (χ3n) is 6.49. The summed E-state index contributed by atoms with van der Waals surface area (Å²) < 4.78 is 10.9. The Morgan fingerprint density at radius 3 is 2.30 bits per heavy atom. The largest absolute Gasteiger partial charge is 0.493 e. The van der Waals surface area contributed by atoms with Gasteiger partial charge in [-0.3, -0.25) is 9.69 Å². The van der Waals surface area contributed by atoms with E-state index < -0.39 is 0 Å². The summed E-state index contributed by atoms with van der Waals surface area (Å²) in [5, 5.41) is 0. The number of likely N-dealkylation sites (tertiary alicyclic amines) is 1. The summed E-state index contributed by atoms with van der Waals surface area (Å²) in [6.45, 7) is 3.94. The lowest BCUT2D eigenvalue weighted by atomic mass is 9.90. The van der Waals surface area contributed by atoms with Crippen LogP contribution in [0.3, 0.4) is 0 Å². The number of ether oxygens (including phenoxy) is 2. The molecule has 0 radical (unpaired) electrons. The fourth-order valence-electron chi connectivity index (χ4n) is 4.70. The monoisotopic (exact) mass is 408 g/mol. The summed E-state index contributed by atoms with van der Waals surface area (Å²) >= 11 is 0. The Kier molecular flexibility index (Phi) is 6.58. The molecule has 30 heavy (non-hydrogen) atoms. The number of piperidine rings is 1. The Morgan fingerprint density at radius 2 is 1.63 bits per heavy atom. The molecule has 0 aromatic heterocycles. The van der Waals surface area contributed by atoms with Crippen LogP contribution in [0, 0.1) is 5.92 Å². The van der Waals surface area contributed by atoms with Crippen molar-refractivity contribution in [1.29, 1.82) is 0 Å². The predicted octanol–water partition coefficient (Wildman–Crippen LogP) is 3.54. The average Bonchev–Trinajstić information content (AvgIpc) is 2.79. The van der Waals surface area contributed by atoms with Crippen LogP contribution in [0.2, 0.25) is 0 Å². The molecule has 0 N–H and O–H groups in total. The number of carbonyl (C=O) groups excluding carboxylic acids is 1. The van der Waals surface area contributed by atoms with E-state index in [0.29, 0.717) is 12.5 Å². The van der Waals surface area contributed by atoms with E-state index in [1.165, 1.54) is 16.7 Å². The second-order valence-electron chi connectivity index (χ2n) is 8.45. The quantitative estimate of drug-likeness (QED) is 0.733. The van der Waals surface area contributed by atoms with Crippen molar-refractivity contribution in [3.05, 3.63) is 59.2 Å². The molecule has 1 amide bonds. The summed E-state index contributed by atoms with van der Waals surface area (Å²) in [7, 11) is 3.33. The Bertz CT molecular complexity index is 860. The van der Waals surface area contributed by atoms with Crippen molar-refractivity contribution in [3.8, 4) is 11.5 Å². The molecular formula is C25H32N2O3. The highest BCUT2D eigenvalue weighted by atomic mass is 16.5. The highest BCUT2D eigenvalue weighted by Crippen LogP contribution is 2.33. The molecule has 5 heteroatoms. The lowest BCUT2D eigenvalue weighted by Crippen LogP contribution is -2.45. The summed E-state index contributed by atoms with van der Waals surface area (Å²) in [5.41, 5.74) is 3.92. The van der Waals surface area contributed by atoms with Crippen molar-refractivity contribution < 1.29 is 14.3 Å². The zero-order valence-electron chi connectivity index (χ0n) is 18.1. The first-order valence-electron chi connectivity index (χ1n) is 10.9. The number of hydrogen-bond donors (Lipinski definition) is 0. The van der Waals surface area contributed by atoms with Crippen molar-refractivity contribution >= 4 is 5.91 Å². The molecule has 0 atom stereocenters. The van der Waals surface area contributed by atoms with Crippen molar-refractivity contribution in [3.63, 3.8) is 0 Å². The minimum absolute atomic E-state index is 0.261. The maximum atomic E-state index is 12.9. The minimum Gasteiger partial charge on any atom is -0.493 e. The van der Waals surface area contributed by atoms with E-state index >= 15 is 0 Å². The maximum absolute atomic E-state index is 12.9. The van der Waals surface area contributed by atoms with Crippen LogP contribution in [0.5, 0.6) is 11.5 Å². The van der Waals surface area contributed by atoms with Crippen molar-refractivity contribution in [2.75, 3.05) is 40.4 Å². The molecule has 0 spiro atoms. The van der Waals surface area contributed by atoms with Crippen LogP contribution < -0.4 is 9.47 Å². The van der Waals surface area contributed by atoms with Crippen molar-refractivity contribution in [2.24, 2.45) is 5.92 Å². The number of benzene rings is 2. The van der Waals surface area contributed by atoms with E-state index in [2.05, 4.69) is 52.3 Å². The molecule has 2 aliphatic heterocycles. The van der Waals surface area contributed by atoms with E-state index in [1.807, 2.05) is 0 Å². The first kappa shape index (κ1) is 20.7. The third-order valence-corrected chi connectivity index (χ3v) is 6.49. The number of methoxy groups -OCH3 is 2. The topological polar surface area (TPSA) is 42.0 Å². The second-order valence-corrected chi connectivity index (χ2v) is 8.45. The van der Waals surface area contributed by atoms with Crippen LogP contribution in [-0.2, 0) is 24.2 Å². The van der Waals surface area contributed by atoms with Gasteiger partial charge < -0.3 is 14.4 Å². The number of nitrogens with zero attached hydrogens (tertiary/aromatic N) is 2. The van der Waals surface area contributed by atoms with Crippen LogP contribution in [0.4, 0.5) is 0 Å². The standard InChI is InChI=1S/C25H32N2O3/c1-29-23-15-21-10-11-26(17-22(21)16-24(23)30-2)18-25(28)27-12-8-20(9-13-27)14-19-6-4-3-5-7-19/h3-7,15-16,20H,8-14,17-18H2,1-2H3. The van der Waals surface area contributed by atoms with Crippen LogP contribution in [0.1, 0.15) is 29.5 Å². The average molecular weight is 409 g/mol. The Labute approximate surface area is 179 Å². The molecule has 0 unspecified atom stereocenters. The normalized spacial score (nSPS) is 17.5. The molecule has 2 aromatic carbocycles. The van der Waals surface area contributed by atoms with E-state index in [1.54, 1.807) is 14.2 Å². The van der Waals surface area contributed by atoms with Gasteiger partial charge in [-0.05, 0) is 60.4 Å². The Balaban J connectivity index is 1.29. The number of amides is 1. The predicted molar refractivity (Wildman–Crippen MR) is 118 cm³/mol. The van der Waals surface area contributed by atoms with Gasteiger partial charge in [0, 0.05) is 26.2 Å². The maximum Gasteiger partial charge on any atom is 0.236 e. The van der Waals surface area contributed by atoms with Gasteiger partial charge in [0.25, 0.3) is 0 Å². The smallest absolute Gasteiger partial charge is 0.236 e. The molecule has 1 fully saturated rings. The van der Waals surface area contributed by atoms with Gasteiger partial charge in [0.05, 0.1) is 20.8 Å². The fraction of sp³-hybridized carbons (Fsp3) is 0.480. The van der Waals surface area contributed by atoms with Gasteiger partial charge in [-0.2, -0.15) is 0 Å². The van der Waals surface area contributed by atoms with Crippen LogP contribution in [-0.4, -0.2) is 56.1 Å². The highest BCUT2D eigenvalue weighted by molar-refractivity contribution is 5.78. The van der Waals surface area contributed by atoms with E-state index in [9.17, 15) is 4.79 Å². The molecule has 4 rings (SSSR count). The number of fused-ring (bicyclic) bond motifs is 1. The number of rotatable bonds is 6. The molecule has 2 aromatic rings. The number of carbonyl (C=O) groups is 1. The summed E-state index contributed by atoms with van der Waals surface area (Å²) in [6, 6.07) is 14.8. The molecular weight excluding hydrogens is 376 g/mol. The van der Waals surface area contributed by atoms with Gasteiger partial charge in [-0.15, -0.1) is 0 Å². The molecule has 0 saturated carbocycles. The zero-order chi connectivity index (χ0) is 20.9. The molecule has 5 nitrogen and oxygen atoms in total. The van der Waals surface area contributed by atoms with E-state index in [4.69, 9.17) is 9.47 Å². The van der Waals surface area contributed by atoms with Crippen molar-refractivity contribution in [1.82, 2.24) is 9.80 Å². The lowest BCUT2D eigenvalue weighted by Gasteiger charge is -2.35. The zero-order valence-corrected chi connectivity index (χ0v) is 18.1. The summed E-state index contributed by atoms with van der Waals surface area (Å²) in [5.74, 6) is 2.47. The number of hydrogen-bond acceptors (Lipinski definition) is 4. The van der Waals surface area contributed by atoms with Gasteiger partial charge in [0.1, 0.15) is 0 Å². The minimum atomic E-state index is 0.261. The molecule has 1 saturated heterocycles. The molecule has 2 heterocycles. The summed E-state index contributed by atoms with van der Waals surface area (Å²) in [4.78, 5) is 17.2. The van der Waals surface area contributed by atoms with Crippen LogP contribution >= 0.6 is 0 Å². The Hall–Kier alpha value is -2.53. The van der Waals surface area contributed by atoms with E-state index in [-0.39, 0.29) is 5.91 Å². The van der Waals surface area contributed by atoms with Gasteiger partial charge in [-0.1, -0.05) is 30.3 Å². The first-order valence-corrected chi connectivity index (χ1v) is 10.9. The SMILES string of the molecule is COc1cc2c(cc1OC)CN(CC(=O)N1CCC(Cc3ccccc3)CC1)CC2. The highest BCUT2D eigenvalue weighted by Gasteiger charge is 2.26. The Morgan fingerprint density at radius 1 is 0.967 bits per heavy atom. The van der Waals surface area contributed by atoms with Crippen LogP contribution in [0.25, 0.3) is 0 Å². The van der Waals surface area contributed by atoms with Crippen LogP contribution in [0.15, 0.2) is 42.5 Å². The van der Waals surface area contributed by atoms with E-state index in [0.717, 1.165) is 63.4 Å². The fourth-order valence-corrected chi connectivity index (χ4v) is 4.70. The molecule has 0 bridgehead atoms. The molecule has 0 aliphatic carbocycles. The molecule has 160 valence electrons. The molecule has 2 aliphatic rings. The first-order chi connectivity index (χ1) is 14.7. The van der Waals surface area contributed by atoms with Gasteiger partial charge in [-0.25, -0.2) is 0 Å². The second kappa shape index (κ2) is 9.52. The van der Waals surface area contributed by atoms with Gasteiger partial charge in [0.15, 0.2) is 11.5 Å². The van der Waals surface area contributed by atoms with Gasteiger partial charge in [0.2, 0.25) is 5.91 Å². The third kappa shape index (κ3) is 4.78. The lowest BCUT2D eigenvalue weighted by molar-refractivity contribution is -0.134.